The second-order valence-corrected chi connectivity index (χ2v) is 7.55. The minimum atomic E-state index is -0.795. The van der Waals surface area contributed by atoms with Crippen molar-refractivity contribution in [3.05, 3.63) is 52.8 Å². The molecule has 2 aromatic heterocycles. The minimum absolute atomic E-state index is 0.0748. The number of aromatic nitrogens is 3. The van der Waals surface area contributed by atoms with Crippen molar-refractivity contribution in [2.24, 2.45) is 0 Å². The molecule has 1 fully saturated rings. The van der Waals surface area contributed by atoms with Crippen molar-refractivity contribution >= 4 is 22.4 Å². The SMILES string of the molecule is Cc1c(C#N)cccc1[C@@H](C)Nc1nnc(C)c2ncc(N3CC[C@@H](F)C3)cc12. The first-order valence-corrected chi connectivity index (χ1v) is 9.76. The molecule has 0 aliphatic carbocycles. The summed E-state index contributed by atoms with van der Waals surface area (Å²) in [5.74, 6) is 0.630. The molecule has 0 radical (unpaired) electrons. The summed E-state index contributed by atoms with van der Waals surface area (Å²) in [6, 6.07) is 9.88. The number of pyridine rings is 1. The Balaban J connectivity index is 1.72. The molecule has 1 N–H and O–H groups in total. The molecule has 0 unspecified atom stereocenters. The maximum atomic E-state index is 13.7. The van der Waals surface area contributed by atoms with E-state index >= 15 is 0 Å². The number of nitrogens with zero attached hydrogens (tertiary/aromatic N) is 5. The Morgan fingerprint density at radius 2 is 2.14 bits per heavy atom. The van der Waals surface area contributed by atoms with Gasteiger partial charge in [0.2, 0.25) is 0 Å². The Labute approximate surface area is 169 Å². The zero-order chi connectivity index (χ0) is 20.5. The second kappa shape index (κ2) is 7.63. The van der Waals surface area contributed by atoms with Crippen LogP contribution in [0.2, 0.25) is 0 Å². The van der Waals surface area contributed by atoms with Gasteiger partial charge in [0.25, 0.3) is 0 Å². The molecular formula is C22H23FN6. The summed E-state index contributed by atoms with van der Waals surface area (Å²) >= 11 is 0. The average Bonchev–Trinajstić information content (AvgIpc) is 3.16. The normalized spacial score (nSPS) is 17.3. The van der Waals surface area contributed by atoms with Crippen molar-refractivity contribution in [1.29, 1.82) is 5.26 Å². The fourth-order valence-corrected chi connectivity index (χ4v) is 3.91. The molecule has 0 spiro atoms. The van der Waals surface area contributed by atoms with Gasteiger partial charge in [-0.2, -0.15) is 10.4 Å². The average molecular weight is 390 g/mol. The number of nitrogens with one attached hydrogen (secondary N) is 1. The molecule has 0 saturated carbocycles. The van der Waals surface area contributed by atoms with Gasteiger partial charge >= 0.3 is 0 Å². The lowest BCUT2D eigenvalue weighted by Gasteiger charge is -2.20. The zero-order valence-corrected chi connectivity index (χ0v) is 16.8. The number of rotatable bonds is 4. The molecule has 0 amide bonds. The first kappa shape index (κ1) is 19.1. The standard InChI is InChI=1S/C22H23FN6/c1-13-16(10-24)5-4-6-19(13)14(2)26-22-20-9-18(29-8-7-17(23)12-29)11-25-21(20)15(3)27-28-22/h4-6,9,11,14,17H,7-8,12H2,1-3H3,(H,26,28)/t14-,17-/m1/s1. The fraction of sp³-hybridized carbons (Fsp3) is 0.364. The number of hydrogen-bond acceptors (Lipinski definition) is 6. The van der Waals surface area contributed by atoms with Crippen LogP contribution in [0, 0.1) is 25.2 Å². The fourth-order valence-electron chi connectivity index (χ4n) is 3.91. The highest BCUT2D eigenvalue weighted by Gasteiger charge is 2.23. The van der Waals surface area contributed by atoms with Crippen LogP contribution in [-0.4, -0.2) is 34.4 Å². The molecule has 1 aliphatic rings. The molecule has 1 saturated heterocycles. The minimum Gasteiger partial charge on any atom is -0.367 e. The Morgan fingerprint density at radius 3 is 2.86 bits per heavy atom. The molecule has 29 heavy (non-hydrogen) atoms. The van der Waals surface area contributed by atoms with Crippen LogP contribution in [0.25, 0.3) is 10.9 Å². The molecular weight excluding hydrogens is 367 g/mol. The van der Waals surface area contributed by atoms with E-state index in [1.807, 2.05) is 49.9 Å². The summed E-state index contributed by atoms with van der Waals surface area (Å²) in [4.78, 5) is 6.60. The van der Waals surface area contributed by atoms with E-state index in [-0.39, 0.29) is 6.04 Å². The summed E-state index contributed by atoms with van der Waals surface area (Å²) in [5.41, 5.74) is 5.06. The van der Waals surface area contributed by atoms with E-state index in [0.717, 1.165) is 33.4 Å². The largest absolute Gasteiger partial charge is 0.367 e. The molecule has 1 aromatic carbocycles. The van der Waals surface area contributed by atoms with E-state index in [2.05, 4.69) is 26.6 Å². The van der Waals surface area contributed by atoms with Crippen LogP contribution in [0.5, 0.6) is 0 Å². The molecule has 148 valence electrons. The van der Waals surface area contributed by atoms with Crippen LogP contribution in [0.1, 0.15) is 41.8 Å². The maximum Gasteiger partial charge on any atom is 0.158 e. The summed E-state index contributed by atoms with van der Waals surface area (Å²) < 4.78 is 13.7. The predicted octanol–water partition coefficient (Wildman–Crippen LogP) is 4.23. The van der Waals surface area contributed by atoms with Gasteiger partial charge in [-0.1, -0.05) is 12.1 Å². The van der Waals surface area contributed by atoms with Gasteiger partial charge in [-0.15, -0.1) is 5.10 Å². The maximum absolute atomic E-state index is 13.7. The van der Waals surface area contributed by atoms with Gasteiger partial charge in [0, 0.05) is 18.5 Å². The third-order valence-electron chi connectivity index (χ3n) is 5.58. The number of benzene rings is 1. The highest BCUT2D eigenvalue weighted by molar-refractivity contribution is 5.92. The number of nitriles is 1. The second-order valence-electron chi connectivity index (χ2n) is 7.55. The van der Waals surface area contributed by atoms with Crippen LogP contribution in [0.4, 0.5) is 15.9 Å². The van der Waals surface area contributed by atoms with Gasteiger partial charge in [0.1, 0.15) is 6.17 Å². The van der Waals surface area contributed by atoms with E-state index in [1.54, 1.807) is 6.20 Å². The van der Waals surface area contributed by atoms with E-state index < -0.39 is 6.17 Å². The Morgan fingerprint density at radius 1 is 1.31 bits per heavy atom. The van der Waals surface area contributed by atoms with Crippen LogP contribution in [-0.2, 0) is 0 Å². The highest BCUT2D eigenvalue weighted by atomic mass is 19.1. The summed E-state index contributed by atoms with van der Waals surface area (Å²) in [6.45, 7) is 6.94. The van der Waals surface area contributed by atoms with Crippen molar-refractivity contribution in [3.8, 4) is 6.07 Å². The van der Waals surface area contributed by atoms with Gasteiger partial charge in [0.15, 0.2) is 5.82 Å². The van der Waals surface area contributed by atoms with E-state index in [4.69, 9.17) is 0 Å². The van der Waals surface area contributed by atoms with Crippen LogP contribution < -0.4 is 10.2 Å². The molecule has 3 aromatic rings. The van der Waals surface area contributed by atoms with Crippen molar-refractivity contribution in [2.45, 2.75) is 39.4 Å². The third kappa shape index (κ3) is 3.58. The quantitative estimate of drug-likeness (QED) is 0.718. The van der Waals surface area contributed by atoms with Gasteiger partial charge in [-0.3, -0.25) is 4.98 Å². The van der Waals surface area contributed by atoms with Gasteiger partial charge in [-0.25, -0.2) is 4.39 Å². The van der Waals surface area contributed by atoms with Crippen molar-refractivity contribution in [3.63, 3.8) is 0 Å². The van der Waals surface area contributed by atoms with Crippen LogP contribution >= 0.6 is 0 Å². The molecule has 6 nitrogen and oxygen atoms in total. The first-order valence-electron chi connectivity index (χ1n) is 9.76. The van der Waals surface area contributed by atoms with Crippen molar-refractivity contribution in [2.75, 3.05) is 23.3 Å². The zero-order valence-electron chi connectivity index (χ0n) is 16.8. The third-order valence-corrected chi connectivity index (χ3v) is 5.58. The monoisotopic (exact) mass is 390 g/mol. The Kier molecular flexibility index (Phi) is 5.01. The number of hydrogen-bond donors (Lipinski definition) is 1. The van der Waals surface area contributed by atoms with E-state index in [9.17, 15) is 9.65 Å². The number of aryl methyl sites for hydroxylation is 1. The first-order chi connectivity index (χ1) is 14.0. The van der Waals surface area contributed by atoms with Crippen LogP contribution in [0.3, 0.4) is 0 Å². The lowest BCUT2D eigenvalue weighted by Crippen LogP contribution is -2.20. The molecule has 3 heterocycles. The summed E-state index contributed by atoms with van der Waals surface area (Å²) in [5, 5.41) is 22.2. The van der Waals surface area contributed by atoms with E-state index in [1.165, 1.54) is 0 Å². The Bertz CT molecular complexity index is 1110. The lowest BCUT2D eigenvalue weighted by molar-refractivity contribution is 0.364. The highest BCUT2D eigenvalue weighted by Crippen LogP contribution is 2.31. The van der Waals surface area contributed by atoms with Crippen LogP contribution in [0.15, 0.2) is 30.5 Å². The Hall–Kier alpha value is -3.27. The van der Waals surface area contributed by atoms with E-state index in [0.29, 0.717) is 30.9 Å². The van der Waals surface area contributed by atoms with Gasteiger partial charge in [0.05, 0.1) is 40.8 Å². The van der Waals surface area contributed by atoms with Gasteiger partial charge in [-0.05, 0) is 50.5 Å². The molecule has 2 atom stereocenters. The number of halogens is 1. The summed E-state index contributed by atoms with van der Waals surface area (Å²) in [6.07, 6.45) is 1.53. The lowest BCUT2D eigenvalue weighted by atomic mass is 9.98. The predicted molar refractivity (Wildman–Crippen MR) is 112 cm³/mol. The number of fused-ring (bicyclic) bond motifs is 1. The number of alkyl halides is 1. The molecule has 4 rings (SSSR count). The summed E-state index contributed by atoms with van der Waals surface area (Å²) in [7, 11) is 0. The smallest absolute Gasteiger partial charge is 0.158 e. The number of anilines is 2. The molecule has 0 bridgehead atoms. The topological polar surface area (TPSA) is 77.7 Å². The van der Waals surface area contributed by atoms with Gasteiger partial charge < -0.3 is 10.2 Å². The van der Waals surface area contributed by atoms with Crippen molar-refractivity contribution < 1.29 is 4.39 Å². The molecule has 7 heteroatoms. The van der Waals surface area contributed by atoms with Crippen molar-refractivity contribution in [1.82, 2.24) is 15.2 Å². The molecule has 1 aliphatic heterocycles.